The van der Waals surface area contributed by atoms with Crippen LogP contribution in [0.4, 0.5) is 18.9 Å². The fraction of sp³-hybridized carbons (Fsp3) is 0.300. The largest absolute Gasteiger partial charge is 0.418 e. The van der Waals surface area contributed by atoms with E-state index < -0.39 is 34.8 Å². The zero-order valence-corrected chi connectivity index (χ0v) is 14.8. The molecule has 1 aliphatic carbocycles. The number of para-hydroxylation sites is 1. The van der Waals surface area contributed by atoms with Crippen molar-refractivity contribution in [1.82, 2.24) is 5.32 Å². The van der Waals surface area contributed by atoms with Crippen molar-refractivity contribution in [2.45, 2.75) is 24.6 Å². The summed E-state index contributed by atoms with van der Waals surface area (Å²) in [5.74, 6) is -2.40. The number of amides is 2. The minimum Gasteiger partial charge on any atom is -0.383 e. The fourth-order valence-corrected chi connectivity index (χ4v) is 3.08. The second-order valence-electron chi connectivity index (χ2n) is 6.74. The lowest BCUT2D eigenvalue weighted by Crippen LogP contribution is -2.45. The average molecular weight is 392 g/mol. The van der Waals surface area contributed by atoms with Crippen LogP contribution in [0.2, 0.25) is 0 Å². The molecule has 0 bridgehead atoms. The van der Waals surface area contributed by atoms with Gasteiger partial charge < -0.3 is 15.7 Å². The molecule has 0 saturated heterocycles. The summed E-state index contributed by atoms with van der Waals surface area (Å²) in [7, 11) is 0. The number of hydrogen-bond acceptors (Lipinski definition) is 3. The van der Waals surface area contributed by atoms with Crippen LogP contribution in [0.1, 0.15) is 24.0 Å². The Morgan fingerprint density at radius 2 is 1.57 bits per heavy atom. The van der Waals surface area contributed by atoms with Gasteiger partial charge in [-0.1, -0.05) is 42.5 Å². The Morgan fingerprint density at radius 3 is 2.18 bits per heavy atom. The van der Waals surface area contributed by atoms with Gasteiger partial charge in [-0.15, -0.1) is 0 Å². The first-order valence-electron chi connectivity index (χ1n) is 8.75. The van der Waals surface area contributed by atoms with E-state index in [1.54, 1.807) is 30.3 Å². The van der Waals surface area contributed by atoms with E-state index in [4.69, 9.17) is 0 Å². The van der Waals surface area contributed by atoms with Crippen LogP contribution >= 0.6 is 0 Å². The summed E-state index contributed by atoms with van der Waals surface area (Å²) in [5.41, 5.74) is -2.27. The fourth-order valence-electron chi connectivity index (χ4n) is 3.08. The zero-order chi connectivity index (χ0) is 20.4. The lowest BCUT2D eigenvalue weighted by molar-refractivity contribution is -0.138. The molecule has 2 amide bonds. The highest BCUT2D eigenvalue weighted by Crippen LogP contribution is 2.45. The van der Waals surface area contributed by atoms with Crippen molar-refractivity contribution in [1.29, 1.82) is 0 Å². The Kier molecular flexibility index (Phi) is 5.42. The van der Waals surface area contributed by atoms with Crippen LogP contribution < -0.4 is 10.6 Å². The summed E-state index contributed by atoms with van der Waals surface area (Å²) >= 11 is 0. The van der Waals surface area contributed by atoms with Gasteiger partial charge in [0.05, 0.1) is 17.8 Å². The van der Waals surface area contributed by atoms with Crippen molar-refractivity contribution in [3.8, 4) is 0 Å². The van der Waals surface area contributed by atoms with Crippen LogP contribution in [0, 0.1) is 5.92 Å². The number of carbonyl (C=O) groups is 2. The van der Waals surface area contributed by atoms with Crippen LogP contribution in [0.15, 0.2) is 54.6 Å². The van der Waals surface area contributed by atoms with E-state index in [9.17, 15) is 27.9 Å². The summed E-state index contributed by atoms with van der Waals surface area (Å²) in [6, 6.07) is 13.1. The van der Waals surface area contributed by atoms with Crippen molar-refractivity contribution in [2.75, 3.05) is 11.9 Å². The van der Waals surface area contributed by atoms with E-state index in [0.29, 0.717) is 5.56 Å². The minimum atomic E-state index is -4.67. The molecule has 5 nitrogen and oxygen atoms in total. The van der Waals surface area contributed by atoms with Crippen molar-refractivity contribution in [3.63, 3.8) is 0 Å². The van der Waals surface area contributed by atoms with Crippen LogP contribution in [-0.2, 0) is 21.4 Å². The molecule has 0 radical (unpaired) electrons. The first kappa shape index (κ1) is 19.9. The van der Waals surface area contributed by atoms with Crippen molar-refractivity contribution >= 4 is 17.5 Å². The number of aliphatic hydroxyl groups is 1. The number of carbonyl (C=O) groups excluding carboxylic acids is 2. The molecule has 3 rings (SSSR count). The minimum absolute atomic E-state index is 0.0517. The first-order valence-corrected chi connectivity index (χ1v) is 8.75. The van der Waals surface area contributed by atoms with Gasteiger partial charge in [-0.3, -0.25) is 9.59 Å². The van der Waals surface area contributed by atoms with Crippen molar-refractivity contribution in [3.05, 3.63) is 65.7 Å². The van der Waals surface area contributed by atoms with Gasteiger partial charge in [0.2, 0.25) is 0 Å². The third-order valence-electron chi connectivity index (χ3n) is 4.73. The number of benzene rings is 2. The summed E-state index contributed by atoms with van der Waals surface area (Å²) in [4.78, 5) is 24.2. The number of anilines is 1. The zero-order valence-electron chi connectivity index (χ0n) is 14.8. The average Bonchev–Trinajstić information content (AvgIpc) is 3.52. The Morgan fingerprint density at radius 1 is 0.964 bits per heavy atom. The molecule has 28 heavy (non-hydrogen) atoms. The van der Waals surface area contributed by atoms with Crippen molar-refractivity contribution in [2.24, 2.45) is 5.92 Å². The molecule has 148 valence electrons. The lowest BCUT2D eigenvalue weighted by Gasteiger charge is -2.29. The number of hydrogen-bond donors (Lipinski definition) is 3. The van der Waals surface area contributed by atoms with Gasteiger partial charge in [0.25, 0.3) is 0 Å². The standard InChI is InChI=1S/C20H19F3N2O3/c21-20(22,23)15-8-4-5-9-16(15)25-18(27)17(26)24-12-19(28,14-10-11-14)13-6-2-1-3-7-13/h1-9,14,28H,10-12H2,(H,24,26)(H,25,27)/t19-/m1/s1. The second kappa shape index (κ2) is 7.63. The quantitative estimate of drug-likeness (QED) is 0.685. The van der Waals surface area contributed by atoms with E-state index in [0.717, 1.165) is 25.0 Å². The maximum atomic E-state index is 13.0. The molecule has 0 heterocycles. The van der Waals surface area contributed by atoms with E-state index in [-0.39, 0.29) is 12.5 Å². The molecule has 0 unspecified atom stereocenters. The number of alkyl halides is 3. The van der Waals surface area contributed by atoms with Gasteiger partial charge in [0.15, 0.2) is 0 Å². The first-order chi connectivity index (χ1) is 13.2. The molecule has 1 aliphatic rings. The smallest absolute Gasteiger partial charge is 0.383 e. The van der Waals surface area contributed by atoms with E-state index in [1.807, 2.05) is 5.32 Å². The third-order valence-corrected chi connectivity index (χ3v) is 4.73. The Balaban J connectivity index is 1.68. The predicted molar refractivity (Wildman–Crippen MR) is 96.1 cm³/mol. The second-order valence-corrected chi connectivity index (χ2v) is 6.74. The molecule has 1 saturated carbocycles. The molecular weight excluding hydrogens is 373 g/mol. The maximum Gasteiger partial charge on any atom is 0.418 e. The molecule has 1 fully saturated rings. The van der Waals surface area contributed by atoms with E-state index in [1.165, 1.54) is 12.1 Å². The molecule has 0 aliphatic heterocycles. The Hall–Kier alpha value is -2.87. The van der Waals surface area contributed by atoms with Gasteiger partial charge in [0, 0.05) is 0 Å². The molecule has 0 aromatic heterocycles. The van der Waals surface area contributed by atoms with Gasteiger partial charge in [-0.05, 0) is 36.5 Å². The van der Waals surface area contributed by atoms with Gasteiger partial charge in [-0.2, -0.15) is 13.2 Å². The van der Waals surface area contributed by atoms with Crippen LogP contribution in [0.3, 0.4) is 0 Å². The van der Waals surface area contributed by atoms with Gasteiger partial charge >= 0.3 is 18.0 Å². The molecule has 2 aromatic carbocycles. The normalized spacial score (nSPS) is 16.1. The third kappa shape index (κ3) is 4.33. The highest BCUT2D eigenvalue weighted by atomic mass is 19.4. The molecule has 8 heteroatoms. The van der Waals surface area contributed by atoms with Gasteiger partial charge in [-0.25, -0.2) is 0 Å². The van der Waals surface area contributed by atoms with E-state index in [2.05, 4.69) is 5.32 Å². The van der Waals surface area contributed by atoms with Crippen LogP contribution in [0.25, 0.3) is 0 Å². The summed E-state index contributed by atoms with van der Waals surface area (Å²) < 4.78 is 39.0. The van der Waals surface area contributed by atoms with Gasteiger partial charge in [0.1, 0.15) is 5.60 Å². The molecule has 0 spiro atoms. The topological polar surface area (TPSA) is 78.4 Å². The maximum absolute atomic E-state index is 13.0. The number of nitrogens with one attached hydrogen (secondary N) is 2. The lowest BCUT2D eigenvalue weighted by atomic mass is 9.88. The highest BCUT2D eigenvalue weighted by Gasteiger charge is 2.45. The molecule has 2 aromatic rings. The summed E-state index contributed by atoms with van der Waals surface area (Å²) in [6.07, 6.45) is -3.10. The Labute approximate surface area is 159 Å². The molecule has 3 N–H and O–H groups in total. The summed E-state index contributed by atoms with van der Waals surface area (Å²) in [5, 5.41) is 15.3. The Bertz CT molecular complexity index is 866. The monoisotopic (exact) mass is 392 g/mol. The van der Waals surface area contributed by atoms with Crippen molar-refractivity contribution < 1.29 is 27.9 Å². The van der Waals surface area contributed by atoms with Crippen LogP contribution in [0.5, 0.6) is 0 Å². The van der Waals surface area contributed by atoms with Crippen LogP contribution in [-0.4, -0.2) is 23.5 Å². The molecule has 1 atom stereocenters. The van der Waals surface area contributed by atoms with E-state index >= 15 is 0 Å². The number of halogens is 3. The SMILES string of the molecule is O=C(NC[C@@](O)(c1ccccc1)C1CC1)C(=O)Nc1ccccc1C(F)(F)F. The summed E-state index contributed by atoms with van der Waals surface area (Å²) in [6.45, 7) is -0.213. The molecular formula is C20H19F3N2O3. The highest BCUT2D eigenvalue weighted by molar-refractivity contribution is 6.39. The predicted octanol–water partition coefficient (Wildman–Crippen LogP) is 3.06. The number of rotatable bonds is 5.